The summed E-state index contributed by atoms with van der Waals surface area (Å²) in [6.07, 6.45) is 1.10. The van der Waals surface area contributed by atoms with Crippen molar-refractivity contribution in [3.05, 3.63) is 5.82 Å². The molecule has 0 spiro atoms. The van der Waals surface area contributed by atoms with Gasteiger partial charge in [0.05, 0.1) is 12.4 Å². The Morgan fingerprint density at radius 1 is 1.47 bits per heavy atom. The van der Waals surface area contributed by atoms with Crippen LogP contribution in [0.15, 0.2) is 5.16 Å². The molecule has 0 saturated heterocycles. The first kappa shape index (κ1) is 15.9. The molecule has 10 heteroatoms. The lowest BCUT2D eigenvalue weighted by atomic mass is 10.6. The summed E-state index contributed by atoms with van der Waals surface area (Å²) in [5.41, 5.74) is 0. The number of aliphatic carboxylic acids is 1. The Labute approximate surface area is 115 Å². The average Bonchev–Trinajstić information content (AvgIpc) is 2.63. The summed E-state index contributed by atoms with van der Waals surface area (Å²) in [4.78, 5) is 10.5. The number of hydrogen-bond donors (Lipinski definition) is 1. The zero-order valence-electron chi connectivity index (χ0n) is 10.6. The van der Waals surface area contributed by atoms with Crippen molar-refractivity contribution >= 4 is 27.6 Å². The van der Waals surface area contributed by atoms with Crippen molar-refractivity contribution in [2.24, 2.45) is 0 Å². The quantitative estimate of drug-likeness (QED) is 0.648. The maximum atomic E-state index is 11.3. The van der Waals surface area contributed by atoms with Crippen LogP contribution in [0, 0.1) is 0 Å². The van der Waals surface area contributed by atoms with Gasteiger partial charge < -0.3 is 14.4 Å². The predicted molar refractivity (Wildman–Crippen MR) is 68.8 cm³/mol. The number of nitrogens with zero attached hydrogens (tertiary/aromatic N) is 3. The molecule has 0 aliphatic rings. The van der Waals surface area contributed by atoms with E-state index >= 15 is 0 Å². The third-order valence-electron chi connectivity index (χ3n) is 2.03. The summed E-state index contributed by atoms with van der Waals surface area (Å²) in [5.74, 6) is -1.09. The molecule has 0 fully saturated rings. The second-order valence-corrected chi connectivity index (χ2v) is 6.88. The third kappa shape index (κ3) is 5.57. The second kappa shape index (κ2) is 6.87. The van der Waals surface area contributed by atoms with Gasteiger partial charge in [-0.15, -0.1) is 10.2 Å². The fourth-order valence-electron chi connectivity index (χ4n) is 1.30. The Kier molecular flexibility index (Phi) is 5.76. The van der Waals surface area contributed by atoms with Crippen LogP contribution < -0.4 is 0 Å². The minimum atomic E-state index is -3.23. The van der Waals surface area contributed by atoms with E-state index in [1.54, 1.807) is 4.57 Å². The summed E-state index contributed by atoms with van der Waals surface area (Å²) >= 11 is 0.992. The number of carboxylic acid groups (broad SMARTS) is 1. The van der Waals surface area contributed by atoms with E-state index in [1.165, 1.54) is 7.11 Å². The molecule has 0 bridgehead atoms. The number of methoxy groups -OCH3 is 1. The fourth-order valence-corrected chi connectivity index (χ4v) is 2.69. The molecule has 8 nitrogen and oxygen atoms in total. The van der Waals surface area contributed by atoms with E-state index in [1.807, 2.05) is 0 Å². The molecular formula is C9H15N3O5S2. The molecule has 0 aliphatic heterocycles. The number of carbonyl (C=O) groups is 1. The van der Waals surface area contributed by atoms with E-state index in [4.69, 9.17) is 9.84 Å². The van der Waals surface area contributed by atoms with Gasteiger partial charge in [0.1, 0.15) is 11.6 Å². The highest BCUT2D eigenvalue weighted by Gasteiger charge is 2.17. The van der Waals surface area contributed by atoms with Crippen LogP contribution in [0.5, 0.6) is 0 Å². The Balaban J connectivity index is 2.93. The van der Waals surface area contributed by atoms with Gasteiger partial charge in [-0.2, -0.15) is 0 Å². The minimum absolute atomic E-state index is 0.163. The summed E-state index contributed by atoms with van der Waals surface area (Å²) in [7, 11) is -1.71. The first-order chi connectivity index (χ1) is 8.83. The smallest absolute Gasteiger partial charge is 0.313 e. The van der Waals surface area contributed by atoms with Crippen molar-refractivity contribution in [1.29, 1.82) is 0 Å². The Hall–Kier alpha value is -1.13. The van der Waals surface area contributed by atoms with Crippen molar-refractivity contribution in [2.45, 2.75) is 17.5 Å². The maximum absolute atomic E-state index is 11.3. The lowest BCUT2D eigenvalue weighted by molar-refractivity contribution is -0.133. The van der Waals surface area contributed by atoms with Gasteiger partial charge in [-0.3, -0.25) is 4.79 Å². The standard InChI is InChI=1S/C9H15N3O5S2/c1-17-4-3-12-7(6-19(2,15)16)10-11-9(12)18-5-8(13)14/h3-6H2,1-2H3,(H,13,14). The van der Waals surface area contributed by atoms with Crippen LogP contribution in [-0.4, -0.2) is 60.0 Å². The first-order valence-corrected chi connectivity index (χ1v) is 8.31. The molecule has 1 heterocycles. The van der Waals surface area contributed by atoms with Gasteiger partial charge >= 0.3 is 5.97 Å². The van der Waals surface area contributed by atoms with E-state index in [0.29, 0.717) is 18.3 Å². The van der Waals surface area contributed by atoms with Gasteiger partial charge in [0, 0.05) is 19.9 Å². The molecule has 0 saturated carbocycles. The molecule has 1 rings (SSSR count). The van der Waals surface area contributed by atoms with Gasteiger partial charge in [0.2, 0.25) is 0 Å². The highest BCUT2D eigenvalue weighted by atomic mass is 32.2. The number of hydrogen-bond acceptors (Lipinski definition) is 7. The summed E-state index contributed by atoms with van der Waals surface area (Å²) in [6.45, 7) is 0.728. The molecule has 108 valence electrons. The number of thioether (sulfide) groups is 1. The topological polar surface area (TPSA) is 111 Å². The predicted octanol–water partition coefficient (Wildman–Crippen LogP) is -0.354. The van der Waals surface area contributed by atoms with Crippen LogP contribution in [0.3, 0.4) is 0 Å². The van der Waals surface area contributed by atoms with Crippen LogP contribution in [-0.2, 0) is 31.7 Å². The number of rotatable bonds is 8. The van der Waals surface area contributed by atoms with Crippen LogP contribution in [0.25, 0.3) is 0 Å². The Morgan fingerprint density at radius 3 is 2.68 bits per heavy atom. The maximum Gasteiger partial charge on any atom is 0.313 e. The molecule has 0 aromatic carbocycles. The fraction of sp³-hybridized carbons (Fsp3) is 0.667. The second-order valence-electron chi connectivity index (χ2n) is 3.80. The lowest BCUT2D eigenvalue weighted by Gasteiger charge is -2.08. The number of aromatic nitrogens is 3. The van der Waals surface area contributed by atoms with Gasteiger partial charge in [-0.1, -0.05) is 11.8 Å². The van der Waals surface area contributed by atoms with Crippen LogP contribution in [0.2, 0.25) is 0 Å². The zero-order valence-corrected chi connectivity index (χ0v) is 12.2. The SMILES string of the molecule is COCCn1c(CS(C)(=O)=O)nnc1SCC(=O)O. The minimum Gasteiger partial charge on any atom is -0.481 e. The van der Waals surface area contributed by atoms with Crippen molar-refractivity contribution in [2.75, 3.05) is 25.7 Å². The van der Waals surface area contributed by atoms with Crippen molar-refractivity contribution < 1.29 is 23.1 Å². The first-order valence-electron chi connectivity index (χ1n) is 5.27. The zero-order chi connectivity index (χ0) is 14.5. The van der Waals surface area contributed by atoms with E-state index in [-0.39, 0.29) is 17.3 Å². The number of ether oxygens (including phenoxy) is 1. The van der Waals surface area contributed by atoms with Crippen molar-refractivity contribution in [3.63, 3.8) is 0 Å². The van der Waals surface area contributed by atoms with E-state index in [9.17, 15) is 13.2 Å². The largest absolute Gasteiger partial charge is 0.481 e. The number of sulfone groups is 1. The van der Waals surface area contributed by atoms with E-state index in [0.717, 1.165) is 18.0 Å². The molecule has 0 atom stereocenters. The van der Waals surface area contributed by atoms with Crippen LogP contribution in [0.4, 0.5) is 0 Å². The third-order valence-corrected chi connectivity index (χ3v) is 3.76. The highest BCUT2D eigenvalue weighted by molar-refractivity contribution is 7.99. The Morgan fingerprint density at radius 2 is 2.16 bits per heavy atom. The molecule has 0 radical (unpaired) electrons. The van der Waals surface area contributed by atoms with Gasteiger partial charge in [-0.05, 0) is 0 Å². The molecule has 0 unspecified atom stereocenters. The summed E-state index contributed by atoms with van der Waals surface area (Å²) in [5, 5.41) is 16.6. The van der Waals surface area contributed by atoms with Crippen LogP contribution >= 0.6 is 11.8 Å². The van der Waals surface area contributed by atoms with E-state index < -0.39 is 15.8 Å². The summed E-state index contributed by atoms with van der Waals surface area (Å²) < 4.78 is 29.1. The lowest BCUT2D eigenvalue weighted by Crippen LogP contribution is -2.13. The highest BCUT2D eigenvalue weighted by Crippen LogP contribution is 2.17. The Bertz CT molecular complexity index is 540. The van der Waals surface area contributed by atoms with Gasteiger partial charge in [-0.25, -0.2) is 8.42 Å². The molecule has 1 aromatic rings. The monoisotopic (exact) mass is 309 g/mol. The van der Waals surface area contributed by atoms with Crippen molar-refractivity contribution in [3.8, 4) is 0 Å². The molecular weight excluding hydrogens is 294 g/mol. The molecule has 1 aromatic heterocycles. The number of carboxylic acids is 1. The van der Waals surface area contributed by atoms with E-state index in [2.05, 4.69) is 10.2 Å². The molecule has 0 aliphatic carbocycles. The van der Waals surface area contributed by atoms with Gasteiger partial charge in [0.15, 0.2) is 15.0 Å². The van der Waals surface area contributed by atoms with Crippen LogP contribution in [0.1, 0.15) is 5.82 Å². The summed E-state index contributed by atoms with van der Waals surface area (Å²) in [6, 6.07) is 0. The molecule has 0 amide bonds. The van der Waals surface area contributed by atoms with Crippen molar-refractivity contribution in [1.82, 2.24) is 14.8 Å². The van der Waals surface area contributed by atoms with Gasteiger partial charge in [0.25, 0.3) is 0 Å². The molecule has 1 N–H and O–H groups in total. The molecule has 19 heavy (non-hydrogen) atoms. The average molecular weight is 309 g/mol. The normalized spacial score (nSPS) is 11.7.